The Balaban J connectivity index is 1.65. The van der Waals surface area contributed by atoms with Crippen LogP contribution < -0.4 is 0 Å². The van der Waals surface area contributed by atoms with Crippen LogP contribution in [-0.2, 0) is 10.3 Å². The van der Waals surface area contributed by atoms with Gasteiger partial charge >= 0.3 is 0 Å². The number of imidazole rings is 1. The maximum absolute atomic E-state index is 14.4. The monoisotopic (exact) mass is 379 g/mol. The quantitative estimate of drug-likeness (QED) is 0.465. The molecule has 0 saturated carbocycles. The Labute approximate surface area is 156 Å². The fourth-order valence-corrected chi connectivity index (χ4v) is 3.86. The van der Waals surface area contributed by atoms with Crippen LogP contribution in [0, 0.1) is 6.08 Å². The summed E-state index contributed by atoms with van der Waals surface area (Å²) in [5.41, 5.74) is 1.10. The van der Waals surface area contributed by atoms with Crippen LogP contribution >= 0.6 is 0 Å². The number of rotatable bonds is 2. The van der Waals surface area contributed by atoms with Crippen LogP contribution in [0.2, 0.25) is 0 Å². The van der Waals surface area contributed by atoms with Gasteiger partial charge in [0.05, 0.1) is 11.7 Å². The predicted octanol–water partition coefficient (Wildman–Crippen LogP) is 2.74. The molecule has 1 aliphatic rings. The highest BCUT2D eigenvalue weighted by molar-refractivity contribution is 5.94. The van der Waals surface area contributed by atoms with Gasteiger partial charge in [0.25, 0.3) is 12.0 Å². The molecule has 10 heteroatoms. The number of nitrogens with zero attached hydrogens (tertiary/aromatic N) is 7. The lowest BCUT2D eigenvalue weighted by Gasteiger charge is -2.17. The molecule has 1 atom stereocenters. The van der Waals surface area contributed by atoms with Crippen LogP contribution in [0.3, 0.4) is 0 Å². The lowest BCUT2D eigenvalue weighted by atomic mass is 10.0. The minimum Gasteiger partial charge on any atom is -0.367 e. The Kier molecular flexibility index (Phi) is 2.97. The third kappa shape index (κ3) is 1.95. The van der Waals surface area contributed by atoms with Crippen molar-refractivity contribution in [2.45, 2.75) is 25.4 Å². The number of hydrogen-bond donors (Lipinski definition) is 0. The molecule has 0 bridgehead atoms. The number of aromatic nitrogens is 7. The standard InChI is InChI=1S/C18H14FN7O2/c1-18(7-4-8-27-18)16-21-15(28-24-16)14-23-22-13-10-5-2-3-6-11(10)25-12(26(13)14)9-20-17(25)19/h2-3,5-6,9H,4,7-8H2,1H3. The van der Waals surface area contributed by atoms with E-state index in [1.807, 2.05) is 31.2 Å². The molecular formula is C18H14FN7O2. The van der Waals surface area contributed by atoms with Gasteiger partial charge in [-0.05, 0) is 31.9 Å². The summed E-state index contributed by atoms with van der Waals surface area (Å²) in [4.78, 5) is 8.32. The normalized spacial score (nSPS) is 20.1. The van der Waals surface area contributed by atoms with Gasteiger partial charge < -0.3 is 9.26 Å². The molecule has 1 aromatic carbocycles. The molecule has 0 spiro atoms. The first kappa shape index (κ1) is 15.6. The van der Waals surface area contributed by atoms with Gasteiger partial charge in [-0.25, -0.2) is 4.98 Å². The Hall–Kier alpha value is -3.40. The third-order valence-electron chi connectivity index (χ3n) is 5.29. The van der Waals surface area contributed by atoms with Gasteiger partial charge in [0.1, 0.15) is 11.2 Å². The summed E-state index contributed by atoms with van der Waals surface area (Å²) in [6.45, 7) is 2.60. The molecule has 5 aromatic rings. The molecule has 1 aliphatic heterocycles. The summed E-state index contributed by atoms with van der Waals surface area (Å²) in [7, 11) is 0. The fourth-order valence-electron chi connectivity index (χ4n) is 3.86. The smallest absolute Gasteiger partial charge is 0.296 e. The zero-order valence-electron chi connectivity index (χ0n) is 14.8. The molecule has 0 radical (unpaired) electrons. The average molecular weight is 379 g/mol. The summed E-state index contributed by atoms with van der Waals surface area (Å²) in [5, 5.41) is 13.4. The van der Waals surface area contributed by atoms with Crippen LogP contribution in [0.15, 0.2) is 35.0 Å². The molecule has 6 rings (SSSR count). The Morgan fingerprint density at radius 2 is 2.07 bits per heavy atom. The number of halogens is 1. The van der Waals surface area contributed by atoms with Crippen LogP contribution in [0.4, 0.5) is 4.39 Å². The van der Waals surface area contributed by atoms with Crippen molar-refractivity contribution in [1.82, 2.24) is 34.1 Å². The average Bonchev–Trinajstić information content (AvgIpc) is 3.47. The molecular weight excluding hydrogens is 365 g/mol. The predicted molar refractivity (Wildman–Crippen MR) is 95.0 cm³/mol. The Morgan fingerprint density at radius 1 is 1.18 bits per heavy atom. The van der Waals surface area contributed by atoms with E-state index in [4.69, 9.17) is 9.26 Å². The van der Waals surface area contributed by atoms with Crippen LogP contribution in [0.5, 0.6) is 0 Å². The van der Waals surface area contributed by atoms with Crippen molar-refractivity contribution in [3.05, 3.63) is 42.4 Å². The second-order valence-electron chi connectivity index (χ2n) is 7.03. The highest BCUT2D eigenvalue weighted by Gasteiger charge is 2.37. The second-order valence-corrected chi connectivity index (χ2v) is 7.03. The van der Waals surface area contributed by atoms with Crippen molar-refractivity contribution < 1.29 is 13.7 Å². The first-order valence-electron chi connectivity index (χ1n) is 8.93. The fraction of sp³-hybridized carbons (Fsp3) is 0.278. The van der Waals surface area contributed by atoms with E-state index in [0.717, 1.165) is 18.2 Å². The van der Waals surface area contributed by atoms with Crippen molar-refractivity contribution >= 4 is 22.2 Å². The van der Waals surface area contributed by atoms with Crippen molar-refractivity contribution in [1.29, 1.82) is 0 Å². The number of para-hydroxylation sites is 1. The largest absolute Gasteiger partial charge is 0.367 e. The Bertz CT molecular complexity index is 1360. The van der Waals surface area contributed by atoms with E-state index in [9.17, 15) is 4.39 Å². The van der Waals surface area contributed by atoms with E-state index in [1.54, 1.807) is 4.40 Å². The van der Waals surface area contributed by atoms with E-state index in [1.165, 1.54) is 10.6 Å². The van der Waals surface area contributed by atoms with E-state index in [2.05, 4.69) is 25.3 Å². The number of hydrogen-bond acceptors (Lipinski definition) is 7. The highest BCUT2D eigenvalue weighted by atomic mass is 19.1. The van der Waals surface area contributed by atoms with E-state index in [-0.39, 0.29) is 5.89 Å². The first-order chi connectivity index (χ1) is 13.7. The molecule has 1 unspecified atom stereocenters. The summed E-state index contributed by atoms with van der Waals surface area (Å²) < 4.78 is 28.8. The molecule has 0 aliphatic carbocycles. The molecule has 1 fully saturated rings. The van der Waals surface area contributed by atoms with E-state index < -0.39 is 11.7 Å². The van der Waals surface area contributed by atoms with Gasteiger partial charge in [0.15, 0.2) is 5.65 Å². The van der Waals surface area contributed by atoms with E-state index >= 15 is 0 Å². The molecule has 0 amide bonds. The minimum atomic E-state index is -0.620. The van der Waals surface area contributed by atoms with Crippen LogP contribution in [0.1, 0.15) is 25.6 Å². The van der Waals surface area contributed by atoms with Gasteiger partial charge in [0.2, 0.25) is 11.6 Å². The minimum absolute atomic E-state index is 0.193. The van der Waals surface area contributed by atoms with Crippen molar-refractivity contribution in [3.63, 3.8) is 0 Å². The molecule has 4 aromatic heterocycles. The van der Waals surface area contributed by atoms with E-state index in [0.29, 0.717) is 35.1 Å². The van der Waals surface area contributed by atoms with Gasteiger partial charge in [0, 0.05) is 12.0 Å². The second kappa shape index (κ2) is 5.32. The van der Waals surface area contributed by atoms with Crippen LogP contribution in [0.25, 0.3) is 33.9 Å². The van der Waals surface area contributed by atoms with Gasteiger partial charge in [-0.3, -0.25) is 8.80 Å². The van der Waals surface area contributed by atoms with Crippen LogP contribution in [-0.4, -0.2) is 40.7 Å². The molecule has 1 saturated heterocycles. The Morgan fingerprint density at radius 3 is 2.93 bits per heavy atom. The lowest BCUT2D eigenvalue weighted by Crippen LogP contribution is -2.21. The van der Waals surface area contributed by atoms with Gasteiger partial charge in [-0.2, -0.15) is 9.37 Å². The number of fused-ring (bicyclic) bond motifs is 6. The van der Waals surface area contributed by atoms with Gasteiger partial charge in [-0.15, -0.1) is 10.2 Å². The lowest BCUT2D eigenvalue weighted by molar-refractivity contribution is 0.00768. The molecule has 9 nitrogen and oxygen atoms in total. The summed E-state index contributed by atoms with van der Waals surface area (Å²) >= 11 is 0. The topological polar surface area (TPSA) is 95.6 Å². The SMILES string of the molecule is CC1(c2noc(-c3nnc4c5ccccc5n5c(F)ncc5n34)n2)CCCO1. The number of ether oxygens (including phenoxy) is 1. The van der Waals surface area contributed by atoms with Crippen molar-refractivity contribution in [2.24, 2.45) is 0 Å². The summed E-state index contributed by atoms with van der Waals surface area (Å²) in [5.74, 6) is 0.984. The summed E-state index contributed by atoms with van der Waals surface area (Å²) in [6, 6.07) is 7.36. The van der Waals surface area contributed by atoms with Crippen molar-refractivity contribution in [3.8, 4) is 11.7 Å². The molecule has 28 heavy (non-hydrogen) atoms. The van der Waals surface area contributed by atoms with Crippen molar-refractivity contribution in [2.75, 3.05) is 6.61 Å². The third-order valence-corrected chi connectivity index (χ3v) is 5.29. The first-order valence-corrected chi connectivity index (χ1v) is 8.93. The maximum atomic E-state index is 14.4. The zero-order chi connectivity index (χ0) is 18.9. The summed E-state index contributed by atoms with van der Waals surface area (Å²) in [6.07, 6.45) is 2.57. The molecule has 5 heterocycles. The molecule has 140 valence electrons. The van der Waals surface area contributed by atoms with Gasteiger partial charge in [-0.1, -0.05) is 17.3 Å². The highest BCUT2D eigenvalue weighted by Crippen LogP contribution is 2.35. The zero-order valence-corrected chi connectivity index (χ0v) is 14.8. The molecule has 0 N–H and O–H groups in total. The maximum Gasteiger partial charge on any atom is 0.296 e. The number of benzene rings is 1.